The fourth-order valence-electron chi connectivity index (χ4n) is 0.900. The summed E-state index contributed by atoms with van der Waals surface area (Å²) in [4.78, 5) is 7.77. The van der Waals surface area contributed by atoms with E-state index >= 15 is 0 Å². The van der Waals surface area contributed by atoms with E-state index in [0.29, 0.717) is 11.6 Å². The molecule has 78 valence electrons. The molecule has 0 aliphatic heterocycles. The van der Waals surface area contributed by atoms with E-state index < -0.39 is 6.43 Å². The molecule has 0 bridgehead atoms. The molecule has 0 atom stereocenters. The molecule has 0 saturated heterocycles. The third-order valence-corrected chi connectivity index (χ3v) is 1.59. The number of alkyl halides is 2. The Balaban J connectivity index is 2.42. The summed E-state index contributed by atoms with van der Waals surface area (Å²) in [6, 6.07) is 1.66. The van der Waals surface area contributed by atoms with Crippen molar-refractivity contribution in [1.29, 1.82) is 0 Å². The molecule has 2 N–H and O–H groups in total. The Bertz CT molecular complexity index is 280. The van der Waals surface area contributed by atoms with E-state index in [0.717, 1.165) is 0 Å². The van der Waals surface area contributed by atoms with Crippen LogP contribution in [0.2, 0.25) is 0 Å². The number of rotatable bonds is 5. The van der Waals surface area contributed by atoms with E-state index in [1.54, 1.807) is 13.1 Å². The second-order valence-corrected chi connectivity index (χ2v) is 2.65. The van der Waals surface area contributed by atoms with Crippen LogP contribution in [0.25, 0.3) is 0 Å². The second-order valence-electron chi connectivity index (χ2n) is 2.65. The molecule has 0 spiro atoms. The van der Waals surface area contributed by atoms with Crippen LogP contribution in [-0.2, 0) is 0 Å². The first-order valence-electron chi connectivity index (χ1n) is 4.24. The molecule has 0 radical (unpaired) electrons. The van der Waals surface area contributed by atoms with Crippen LogP contribution in [0.3, 0.4) is 0 Å². The van der Waals surface area contributed by atoms with Gasteiger partial charge in [0.15, 0.2) is 0 Å². The standard InChI is InChI=1S/C8H12F2N4/c1-11-7-4-8(14-5-13-7)12-3-2-6(9)10/h4-6H,2-3H2,1H3,(H2,11,12,13,14). The highest BCUT2D eigenvalue weighted by Gasteiger charge is 2.02. The van der Waals surface area contributed by atoms with Crippen LogP contribution in [0.4, 0.5) is 20.4 Å². The number of hydrogen-bond donors (Lipinski definition) is 2. The van der Waals surface area contributed by atoms with Gasteiger partial charge >= 0.3 is 0 Å². The minimum atomic E-state index is -2.28. The molecule has 0 aromatic carbocycles. The van der Waals surface area contributed by atoms with Crippen molar-refractivity contribution in [2.75, 3.05) is 24.2 Å². The van der Waals surface area contributed by atoms with Gasteiger partial charge < -0.3 is 10.6 Å². The van der Waals surface area contributed by atoms with Crippen molar-refractivity contribution in [2.45, 2.75) is 12.8 Å². The van der Waals surface area contributed by atoms with Crippen LogP contribution in [0.15, 0.2) is 12.4 Å². The van der Waals surface area contributed by atoms with E-state index in [2.05, 4.69) is 20.6 Å². The average molecular weight is 202 g/mol. The Morgan fingerprint density at radius 3 is 2.71 bits per heavy atom. The molecule has 0 amide bonds. The van der Waals surface area contributed by atoms with Crippen LogP contribution in [-0.4, -0.2) is 30.0 Å². The average Bonchev–Trinajstić information content (AvgIpc) is 2.18. The molecule has 0 saturated carbocycles. The van der Waals surface area contributed by atoms with Gasteiger partial charge in [0, 0.05) is 26.1 Å². The lowest BCUT2D eigenvalue weighted by Crippen LogP contribution is -2.07. The van der Waals surface area contributed by atoms with Gasteiger partial charge in [-0.25, -0.2) is 18.7 Å². The van der Waals surface area contributed by atoms with Gasteiger partial charge in [-0.3, -0.25) is 0 Å². The fraction of sp³-hybridized carbons (Fsp3) is 0.500. The molecule has 0 fully saturated rings. The molecule has 0 aliphatic rings. The Labute approximate surface area is 80.8 Å². The zero-order chi connectivity index (χ0) is 10.4. The SMILES string of the molecule is CNc1cc(NCCC(F)F)ncn1. The van der Waals surface area contributed by atoms with E-state index in [-0.39, 0.29) is 13.0 Å². The van der Waals surface area contributed by atoms with Gasteiger partial charge in [-0.2, -0.15) is 0 Å². The van der Waals surface area contributed by atoms with Crippen LogP contribution in [0, 0.1) is 0 Å². The summed E-state index contributed by atoms with van der Waals surface area (Å²) in [5, 5.41) is 5.61. The summed E-state index contributed by atoms with van der Waals surface area (Å²) in [6.45, 7) is 0.206. The lowest BCUT2D eigenvalue weighted by atomic mass is 10.4. The summed E-state index contributed by atoms with van der Waals surface area (Å²) in [6.07, 6.45) is -1.09. The van der Waals surface area contributed by atoms with E-state index in [4.69, 9.17) is 0 Å². The fourth-order valence-corrected chi connectivity index (χ4v) is 0.900. The number of halogens is 2. The first-order chi connectivity index (χ1) is 6.72. The maximum atomic E-state index is 11.8. The Morgan fingerprint density at radius 1 is 1.36 bits per heavy atom. The topological polar surface area (TPSA) is 49.8 Å². The maximum absolute atomic E-state index is 11.8. The maximum Gasteiger partial charge on any atom is 0.240 e. The highest BCUT2D eigenvalue weighted by atomic mass is 19.3. The van der Waals surface area contributed by atoms with Crippen molar-refractivity contribution in [2.24, 2.45) is 0 Å². The lowest BCUT2D eigenvalue weighted by molar-refractivity contribution is 0.142. The molecule has 1 aromatic rings. The van der Waals surface area contributed by atoms with Crippen molar-refractivity contribution in [3.63, 3.8) is 0 Å². The highest BCUT2D eigenvalue weighted by Crippen LogP contribution is 2.08. The van der Waals surface area contributed by atoms with Crippen LogP contribution >= 0.6 is 0 Å². The normalized spacial score (nSPS) is 10.3. The Morgan fingerprint density at radius 2 is 2.07 bits per heavy atom. The zero-order valence-electron chi connectivity index (χ0n) is 7.80. The largest absolute Gasteiger partial charge is 0.373 e. The van der Waals surface area contributed by atoms with Crippen LogP contribution in [0.5, 0.6) is 0 Å². The third kappa shape index (κ3) is 3.51. The van der Waals surface area contributed by atoms with E-state index in [1.807, 2.05) is 0 Å². The lowest BCUT2D eigenvalue weighted by Gasteiger charge is -2.05. The molecular formula is C8H12F2N4. The predicted octanol–water partition coefficient (Wildman–Crippen LogP) is 1.59. The molecule has 1 heterocycles. The molecule has 0 unspecified atom stereocenters. The number of hydrogen-bond acceptors (Lipinski definition) is 4. The second kappa shape index (κ2) is 5.31. The highest BCUT2D eigenvalue weighted by molar-refractivity contribution is 5.45. The van der Waals surface area contributed by atoms with Crippen molar-refractivity contribution in [1.82, 2.24) is 9.97 Å². The number of anilines is 2. The molecule has 1 aromatic heterocycles. The smallest absolute Gasteiger partial charge is 0.240 e. The van der Waals surface area contributed by atoms with E-state index in [1.165, 1.54) is 6.33 Å². The first-order valence-corrected chi connectivity index (χ1v) is 4.24. The van der Waals surface area contributed by atoms with Crippen LogP contribution in [0.1, 0.15) is 6.42 Å². The van der Waals surface area contributed by atoms with Gasteiger partial charge in [0.2, 0.25) is 6.43 Å². The first kappa shape index (κ1) is 10.6. The Kier molecular flexibility index (Phi) is 4.03. The minimum absolute atomic E-state index is 0.182. The van der Waals surface area contributed by atoms with Gasteiger partial charge in [-0.05, 0) is 0 Å². The summed E-state index contributed by atoms with van der Waals surface area (Å²) in [5.41, 5.74) is 0. The van der Waals surface area contributed by atoms with Crippen molar-refractivity contribution in [3.05, 3.63) is 12.4 Å². The number of nitrogens with one attached hydrogen (secondary N) is 2. The van der Waals surface area contributed by atoms with Crippen molar-refractivity contribution in [3.8, 4) is 0 Å². The van der Waals surface area contributed by atoms with E-state index in [9.17, 15) is 8.78 Å². The van der Waals surface area contributed by atoms with Crippen molar-refractivity contribution < 1.29 is 8.78 Å². The predicted molar refractivity (Wildman–Crippen MR) is 50.7 cm³/mol. The molecule has 6 heteroatoms. The number of nitrogens with zero attached hydrogens (tertiary/aromatic N) is 2. The molecule has 1 rings (SSSR count). The monoisotopic (exact) mass is 202 g/mol. The quantitative estimate of drug-likeness (QED) is 0.761. The van der Waals surface area contributed by atoms with Crippen molar-refractivity contribution >= 4 is 11.6 Å². The molecule has 14 heavy (non-hydrogen) atoms. The van der Waals surface area contributed by atoms with Gasteiger partial charge in [0.25, 0.3) is 0 Å². The number of aromatic nitrogens is 2. The summed E-state index contributed by atoms with van der Waals surface area (Å²) in [7, 11) is 1.73. The Hall–Kier alpha value is -1.46. The molecule has 0 aliphatic carbocycles. The zero-order valence-corrected chi connectivity index (χ0v) is 7.80. The third-order valence-electron chi connectivity index (χ3n) is 1.59. The molecule has 4 nitrogen and oxygen atoms in total. The molecular weight excluding hydrogens is 190 g/mol. The van der Waals surface area contributed by atoms with Gasteiger partial charge in [0.05, 0.1) is 0 Å². The van der Waals surface area contributed by atoms with Gasteiger partial charge in [0.1, 0.15) is 18.0 Å². The summed E-state index contributed by atoms with van der Waals surface area (Å²) < 4.78 is 23.6. The minimum Gasteiger partial charge on any atom is -0.373 e. The van der Waals surface area contributed by atoms with Crippen LogP contribution < -0.4 is 10.6 Å². The van der Waals surface area contributed by atoms with Gasteiger partial charge in [-0.15, -0.1) is 0 Å². The summed E-state index contributed by atoms with van der Waals surface area (Å²) >= 11 is 0. The summed E-state index contributed by atoms with van der Waals surface area (Å²) in [5.74, 6) is 1.20. The van der Waals surface area contributed by atoms with Gasteiger partial charge in [-0.1, -0.05) is 0 Å².